The number of carboxylic acid groups (broad SMARTS) is 1. The van der Waals surface area contributed by atoms with Crippen molar-refractivity contribution in [3.05, 3.63) is 59.7 Å². The van der Waals surface area contributed by atoms with Crippen LogP contribution in [-0.4, -0.2) is 53.8 Å². The third-order valence-corrected chi connectivity index (χ3v) is 7.13. The highest BCUT2D eigenvalue weighted by atomic mass is 32.2. The maximum Gasteiger partial charge on any atom is 0.407 e. The third-order valence-electron chi connectivity index (χ3n) is 6.49. The lowest BCUT2D eigenvalue weighted by Crippen LogP contribution is -2.45. The maximum absolute atomic E-state index is 12.7. The molecule has 2 aromatic carbocycles. The number of carbonyl (C=O) groups excluding carboxylic acids is 2. The molecule has 3 N–H and O–H groups in total. The quantitative estimate of drug-likeness (QED) is 0.447. The first-order valence-corrected chi connectivity index (χ1v) is 13.0. The van der Waals surface area contributed by atoms with Crippen LogP contribution in [0.3, 0.4) is 0 Å². The molecule has 0 spiro atoms. The highest BCUT2D eigenvalue weighted by molar-refractivity contribution is 7.98. The lowest BCUT2D eigenvalue weighted by atomic mass is 9.98. The van der Waals surface area contributed by atoms with E-state index in [9.17, 15) is 19.5 Å². The number of aliphatic carboxylic acids is 1. The van der Waals surface area contributed by atoms with Gasteiger partial charge in [0.1, 0.15) is 12.6 Å². The molecule has 180 valence electrons. The van der Waals surface area contributed by atoms with Crippen molar-refractivity contribution in [1.29, 1.82) is 0 Å². The van der Waals surface area contributed by atoms with Gasteiger partial charge in [0.25, 0.3) is 0 Å². The Morgan fingerprint density at radius 3 is 2.21 bits per heavy atom. The highest BCUT2D eigenvalue weighted by Gasteiger charge is 2.35. The van der Waals surface area contributed by atoms with Gasteiger partial charge in [-0.2, -0.15) is 11.8 Å². The smallest absolute Gasteiger partial charge is 0.407 e. The van der Waals surface area contributed by atoms with Crippen molar-refractivity contribution in [2.45, 2.75) is 43.7 Å². The van der Waals surface area contributed by atoms with Crippen molar-refractivity contribution in [2.24, 2.45) is 5.92 Å². The van der Waals surface area contributed by atoms with Crippen molar-refractivity contribution in [3.8, 4) is 11.1 Å². The van der Waals surface area contributed by atoms with Crippen LogP contribution in [-0.2, 0) is 14.3 Å². The van der Waals surface area contributed by atoms with E-state index < -0.39 is 18.1 Å². The van der Waals surface area contributed by atoms with Crippen LogP contribution < -0.4 is 10.6 Å². The van der Waals surface area contributed by atoms with Crippen molar-refractivity contribution >= 4 is 29.7 Å². The van der Waals surface area contributed by atoms with Gasteiger partial charge < -0.3 is 20.5 Å². The average Bonchev–Trinajstić information content (AvgIpc) is 3.63. The highest BCUT2D eigenvalue weighted by Crippen LogP contribution is 2.44. The van der Waals surface area contributed by atoms with Crippen LogP contribution in [0.25, 0.3) is 11.1 Å². The zero-order valence-corrected chi connectivity index (χ0v) is 20.0. The SMILES string of the molecule is CSCCC(NC(=O)CC(NC(=O)OCC1c2ccccc2-c2ccccc21)C1CC1)C(=O)O. The summed E-state index contributed by atoms with van der Waals surface area (Å²) in [6.07, 6.45) is 3.59. The first-order chi connectivity index (χ1) is 16.5. The van der Waals surface area contributed by atoms with E-state index in [2.05, 4.69) is 34.9 Å². The van der Waals surface area contributed by atoms with Gasteiger partial charge in [0.15, 0.2) is 0 Å². The van der Waals surface area contributed by atoms with E-state index in [1.807, 2.05) is 30.5 Å². The Kier molecular flexibility index (Phi) is 7.77. The minimum Gasteiger partial charge on any atom is -0.480 e. The number of nitrogens with one attached hydrogen (secondary N) is 2. The molecule has 4 rings (SSSR count). The van der Waals surface area contributed by atoms with Crippen LogP contribution in [0, 0.1) is 5.92 Å². The molecule has 2 aliphatic carbocycles. The van der Waals surface area contributed by atoms with E-state index in [0.29, 0.717) is 12.2 Å². The molecule has 1 saturated carbocycles. The average molecular weight is 483 g/mol. The topological polar surface area (TPSA) is 105 Å². The van der Waals surface area contributed by atoms with Crippen molar-refractivity contribution in [1.82, 2.24) is 10.6 Å². The van der Waals surface area contributed by atoms with E-state index in [4.69, 9.17) is 4.74 Å². The minimum atomic E-state index is -1.05. The van der Waals surface area contributed by atoms with Gasteiger partial charge >= 0.3 is 12.1 Å². The number of hydrogen-bond donors (Lipinski definition) is 3. The molecule has 7 nitrogen and oxygen atoms in total. The van der Waals surface area contributed by atoms with Crippen LogP contribution in [0.1, 0.15) is 42.7 Å². The Morgan fingerprint density at radius 1 is 1.03 bits per heavy atom. The summed E-state index contributed by atoms with van der Waals surface area (Å²) in [5, 5.41) is 14.8. The van der Waals surface area contributed by atoms with E-state index in [1.165, 1.54) is 11.8 Å². The summed E-state index contributed by atoms with van der Waals surface area (Å²) < 4.78 is 5.62. The number of fused-ring (bicyclic) bond motifs is 3. The van der Waals surface area contributed by atoms with Gasteiger partial charge in [-0.25, -0.2) is 9.59 Å². The van der Waals surface area contributed by atoms with Gasteiger partial charge in [-0.1, -0.05) is 48.5 Å². The molecule has 0 aromatic heterocycles. The monoisotopic (exact) mass is 482 g/mol. The van der Waals surface area contributed by atoms with Gasteiger partial charge in [0.05, 0.1) is 0 Å². The van der Waals surface area contributed by atoms with Gasteiger partial charge in [-0.3, -0.25) is 4.79 Å². The number of carbonyl (C=O) groups is 3. The second-order valence-corrected chi connectivity index (χ2v) is 9.84. The van der Waals surface area contributed by atoms with E-state index >= 15 is 0 Å². The Labute approximate surface area is 203 Å². The zero-order valence-electron chi connectivity index (χ0n) is 19.2. The van der Waals surface area contributed by atoms with Crippen LogP contribution in [0.2, 0.25) is 0 Å². The fraction of sp³-hybridized carbons (Fsp3) is 0.423. The van der Waals surface area contributed by atoms with E-state index in [1.54, 1.807) is 0 Å². The summed E-state index contributed by atoms with van der Waals surface area (Å²) in [6, 6.07) is 15.0. The Bertz CT molecular complexity index is 1010. The zero-order chi connectivity index (χ0) is 24.1. The van der Waals surface area contributed by atoms with Gasteiger partial charge in [0, 0.05) is 18.4 Å². The number of thioether (sulfide) groups is 1. The molecule has 2 aromatic rings. The number of benzene rings is 2. The predicted molar refractivity (Wildman–Crippen MR) is 132 cm³/mol. The molecule has 0 heterocycles. The number of ether oxygens (including phenoxy) is 1. The van der Waals surface area contributed by atoms with E-state index in [-0.39, 0.29) is 36.8 Å². The largest absolute Gasteiger partial charge is 0.480 e. The minimum absolute atomic E-state index is 0.0337. The molecule has 8 heteroatoms. The predicted octanol–water partition coefficient (Wildman–Crippen LogP) is 4.02. The second-order valence-electron chi connectivity index (χ2n) is 8.86. The Morgan fingerprint density at radius 2 is 1.65 bits per heavy atom. The first-order valence-electron chi connectivity index (χ1n) is 11.6. The van der Waals surface area contributed by atoms with Crippen molar-refractivity contribution < 1.29 is 24.2 Å². The van der Waals surface area contributed by atoms with Crippen molar-refractivity contribution in [3.63, 3.8) is 0 Å². The summed E-state index contributed by atoms with van der Waals surface area (Å²) in [5.41, 5.74) is 4.60. The van der Waals surface area contributed by atoms with E-state index in [0.717, 1.165) is 35.1 Å². The number of rotatable bonds is 11. The molecule has 2 amide bonds. The second kappa shape index (κ2) is 11.0. The molecular weight excluding hydrogens is 452 g/mol. The fourth-order valence-electron chi connectivity index (χ4n) is 4.57. The van der Waals surface area contributed by atoms with Gasteiger partial charge in [-0.05, 0) is 59.4 Å². The first kappa shape index (κ1) is 24.1. The standard InChI is InChI=1S/C26H30N2O5S/c1-34-13-12-22(25(30)31)27-24(29)14-23(16-10-11-16)28-26(32)33-15-21-19-8-4-2-6-17(19)18-7-3-5-9-20(18)21/h2-9,16,21-23H,10-15H2,1H3,(H,27,29)(H,28,32)(H,30,31). The molecule has 0 aliphatic heterocycles. The lowest BCUT2D eigenvalue weighted by molar-refractivity contribution is -0.142. The van der Waals surface area contributed by atoms with Crippen LogP contribution in [0.15, 0.2) is 48.5 Å². The summed E-state index contributed by atoms with van der Waals surface area (Å²) in [5.74, 6) is -0.602. The summed E-state index contributed by atoms with van der Waals surface area (Å²) in [7, 11) is 0. The Balaban J connectivity index is 1.34. The summed E-state index contributed by atoms with van der Waals surface area (Å²) in [4.78, 5) is 36.6. The number of alkyl carbamates (subject to hydrolysis) is 1. The molecule has 2 unspecified atom stereocenters. The lowest BCUT2D eigenvalue weighted by Gasteiger charge is -2.21. The molecule has 2 atom stereocenters. The Hall–Kier alpha value is -3.00. The molecule has 0 radical (unpaired) electrons. The number of hydrogen-bond acceptors (Lipinski definition) is 5. The molecule has 0 bridgehead atoms. The summed E-state index contributed by atoms with van der Waals surface area (Å²) >= 11 is 1.53. The molecular formula is C26H30N2O5S. The molecule has 0 saturated heterocycles. The molecule has 34 heavy (non-hydrogen) atoms. The van der Waals surface area contributed by atoms with Crippen LogP contribution >= 0.6 is 11.8 Å². The maximum atomic E-state index is 12.7. The van der Waals surface area contributed by atoms with Crippen molar-refractivity contribution in [2.75, 3.05) is 18.6 Å². The van der Waals surface area contributed by atoms with Crippen LogP contribution in [0.5, 0.6) is 0 Å². The molecule has 1 fully saturated rings. The molecule has 2 aliphatic rings. The normalized spacial score (nSPS) is 16.1. The van der Waals surface area contributed by atoms with Gasteiger partial charge in [0.2, 0.25) is 5.91 Å². The number of amides is 2. The number of carboxylic acids is 1. The fourth-order valence-corrected chi connectivity index (χ4v) is 5.04. The van der Waals surface area contributed by atoms with Gasteiger partial charge in [-0.15, -0.1) is 0 Å². The summed E-state index contributed by atoms with van der Waals surface area (Å²) in [6.45, 7) is 0.208. The van der Waals surface area contributed by atoms with Crippen LogP contribution in [0.4, 0.5) is 4.79 Å². The third kappa shape index (κ3) is 5.73.